The summed E-state index contributed by atoms with van der Waals surface area (Å²) in [4.78, 5) is 35.3. The largest absolute Gasteiger partial charge is 0.480 e. The number of nitrogens with one attached hydrogen (secondary N) is 1. The van der Waals surface area contributed by atoms with E-state index in [2.05, 4.69) is 11.2 Å². The quantitative estimate of drug-likeness (QED) is 0.736. The van der Waals surface area contributed by atoms with Gasteiger partial charge in [0.05, 0.1) is 13.1 Å². The van der Waals surface area contributed by atoms with E-state index >= 15 is 0 Å². The second kappa shape index (κ2) is 7.70. The highest BCUT2D eigenvalue weighted by atomic mass is 16.4. The molecule has 0 atom stereocenters. The van der Waals surface area contributed by atoms with E-state index in [1.54, 1.807) is 24.3 Å². The monoisotopic (exact) mass is 288 g/mol. The lowest BCUT2D eigenvalue weighted by Crippen LogP contribution is -2.42. The summed E-state index contributed by atoms with van der Waals surface area (Å²) in [5.41, 5.74) is 1.44. The van der Waals surface area contributed by atoms with E-state index in [-0.39, 0.29) is 13.1 Å². The minimum atomic E-state index is -1.16. The lowest BCUT2D eigenvalue weighted by molar-refractivity contribution is -0.143. The highest BCUT2D eigenvalue weighted by molar-refractivity contribution is 5.96. The molecule has 1 aromatic rings. The van der Waals surface area contributed by atoms with Gasteiger partial charge in [0, 0.05) is 5.56 Å². The molecule has 6 heteroatoms. The topological polar surface area (TPSA) is 86.7 Å². The minimum Gasteiger partial charge on any atom is -0.480 e. The van der Waals surface area contributed by atoms with Crippen molar-refractivity contribution in [1.29, 1.82) is 0 Å². The number of benzene rings is 1. The number of carbonyl (C=O) groups excluding carboxylic acids is 2. The Morgan fingerprint density at radius 3 is 2.43 bits per heavy atom. The van der Waals surface area contributed by atoms with Gasteiger partial charge in [-0.05, 0) is 19.1 Å². The first kappa shape index (κ1) is 16.2. The Bertz CT molecular complexity index is 572. The molecule has 0 aromatic heterocycles. The highest BCUT2D eigenvalue weighted by Crippen LogP contribution is 2.02. The molecule has 6 nitrogen and oxygen atoms in total. The first-order chi connectivity index (χ1) is 9.93. The molecule has 2 N–H and O–H groups in total. The van der Waals surface area contributed by atoms with Crippen molar-refractivity contribution >= 4 is 17.8 Å². The Hall–Kier alpha value is -2.81. The van der Waals surface area contributed by atoms with Crippen molar-refractivity contribution in [2.75, 3.05) is 19.6 Å². The predicted octanol–water partition coefficient (Wildman–Crippen LogP) is 0.271. The summed E-state index contributed by atoms with van der Waals surface area (Å²) in [7, 11) is 0. The zero-order valence-electron chi connectivity index (χ0n) is 11.6. The van der Waals surface area contributed by atoms with Crippen LogP contribution in [0.5, 0.6) is 0 Å². The molecule has 0 spiro atoms. The number of aryl methyl sites for hydroxylation is 1. The van der Waals surface area contributed by atoms with Crippen LogP contribution in [0, 0.1) is 19.3 Å². The SMILES string of the molecule is C#CCN(CC(=O)O)C(=O)CNC(=O)c1ccc(C)cc1. The highest BCUT2D eigenvalue weighted by Gasteiger charge is 2.16. The smallest absolute Gasteiger partial charge is 0.323 e. The van der Waals surface area contributed by atoms with Crippen molar-refractivity contribution in [2.45, 2.75) is 6.92 Å². The molecule has 110 valence electrons. The number of aliphatic carboxylic acids is 1. The molecule has 0 heterocycles. The summed E-state index contributed by atoms with van der Waals surface area (Å²) < 4.78 is 0. The lowest BCUT2D eigenvalue weighted by Gasteiger charge is -2.18. The van der Waals surface area contributed by atoms with Crippen molar-refractivity contribution < 1.29 is 19.5 Å². The van der Waals surface area contributed by atoms with Crippen LogP contribution in [0.1, 0.15) is 15.9 Å². The van der Waals surface area contributed by atoms with E-state index in [9.17, 15) is 14.4 Å². The van der Waals surface area contributed by atoms with Crippen molar-refractivity contribution in [3.8, 4) is 12.3 Å². The van der Waals surface area contributed by atoms with Gasteiger partial charge in [0.15, 0.2) is 0 Å². The second-order valence-electron chi connectivity index (χ2n) is 4.40. The maximum Gasteiger partial charge on any atom is 0.323 e. The summed E-state index contributed by atoms with van der Waals surface area (Å²) in [6, 6.07) is 6.86. The second-order valence-corrected chi connectivity index (χ2v) is 4.40. The summed E-state index contributed by atoms with van der Waals surface area (Å²) in [6.45, 7) is 0.978. The van der Waals surface area contributed by atoms with Crippen molar-refractivity contribution in [3.63, 3.8) is 0 Å². The van der Waals surface area contributed by atoms with Crippen LogP contribution in [0.25, 0.3) is 0 Å². The van der Waals surface area contributed by atoms with E-state index in [1.807, 2.05) is 6.92 Å². The van der Waals surface area contributed by atoms with Crippen LogP contribution in [-0.4, -0.2) is 47.4 Å². The van der Waals surface area contributed by atoms with Crippen molar-refractivity contribution in [3.05, 3.63) is 35.4 Å². The van der Waals surface area contributed by atoms with Crippen LogP contribution in [0.2, 0.25) is 0 Å². The summed E-state index contributed by atoms with van der Waals surface area (Å²) in [5.74, 6) is 0.0963. The van der Waals surface area contributed by atoms with E-state index < -0.39 is 24.3 Å². The Labute approximate surface area is 122 Å². The number of rotatable bonds is 6. The molecule has 0 radical (unpaired) electrons. The fourth-order valence-corrected chi connectivity index (χ4v) is 1.58. The number of nitrogens with zero attached hydrogens (tertiary/aromatic N) is 1. The molecule has 21 heavy (non-hydrogen) atoms. The average Bonchev–Trinajstić information content (AvgIpc) is 2.44. The zero-order chi connectivity index (χ0) is 15.8. The number of hydrogen-bond donors (Lipinski definition) is 2. The van der Waals surface area contributed by atoms with E-state index in [4.69, 9.17) is 11.5 Å². The maximum absolute atomic E-state index is 11.8. The number of carbonyl (C=O) groups is 3. The van der Waals surface area contributed by atoms with Crippen LogP contribution in [-0.2, 0) is 9.59 Å². The van der Waals surface area contributed by atoms with Crippen LogP contribution in [0.4, 0.5) is 0 Å². The summed E-state index contributed by atoms with van der Waals surface area (Å²) in [6.07, 6.45) is 5.08. The molecule has 0 unspecified atom stereocenters. The maximum atomic E-state index is 11.8. The van der Waals surface area contributed by atoms with Gasteiger partial charge in [-0.3, -0.25) is 14.4 Å². The first-order valence-electron chi connectivity index (χ1n) is 6.22. The van der Waals surface area contributed by atoms with Crippen LogP contribution < -0.4 is 5.32 Å². The summed E-state index contributed by atoms with van der Waals surface area (Å²) in [5, 5.41) is 11.1. The fourth-order valence-electron chi connectivity index (χ4n) is 1.58. The first-order valence-corrected chi connectivity index (χ1v) is 6.22. The fraction of sp³-hybridized carbons (Fsp3) is 0.267. The van der Waals surface area contributed by atoms with Crippen LogP contribution in [0.15, 0.2) is 24.3 Å². The molecule has 0 aliphatic rings. The van der Waals surface area contributed by atoms with Gasteiger partial charge < -0.3 is 15.3 Å². The molecule has 0 aliphatic heterocycles. The molecular formula is C15H16N2O4. The number of carboxylic acid groups (broad SMARTS) is 1. The standard InChI is InChI=1S/C15H16N2O4/c1-3-8-17(10-14(19)20)13(18)9-16-15(21)12-6-4-11(2)5-7-12/h1,4-7H,8-10H2,2H3,(H,16,21)(H,19,20). The Morgan fingerprint density at radius 1 is 1.29 bits per heavy atom. The molecule has 2 amide bonds. The number of hydrogen-bond acceptors (Lipinski definition) is 3. The van der Waals surface area contributed by atoms with Gasteiger partial charge in [-0.1, -0.05) is 23.6 Å². The van der Waals surface area contributed by atoms with Gasteiger partial charge in [0.1, 0.15) is 6.54 Å². The van der Waals surface area contributed by atoms with Crippen molar-refractivity contribution in [2.24, 2.45) is 0 Å². The molecule has 1 aromatic carbocycles. The normalized spacial score (nSPS) is 9.52. The number of carboxylic acids is 1. The Balaban J connectivity index is 2.58. The van der Waals surface area contributed by atoms with Gasteiger partial charge in [-0.15, -0.1) is 6.42 Å². The van der Waals surface area contributed by atoms with Crippen LogP contribution in [0.3, 0.4) is 0 Å². The molecule has 0 saturated carbocycles. The van der Waals surface area contributed by atoms with E-state index in [0.29, 0.717) is 5.56 Å². The lowest BCUT2D eigenvalue weighted by atomic mass is 10.1. The molecular weight excluding hydrogens is 272 g/mol. The molecule has 0 saturated heterocycles. The third-order valence-electron chi connectivity index (χ3n) is 2.67. The number of terminal acetylenes is 1. The third kappa shape index (κ3) is 5.37. The van der Waals surface area contributed by atoms with E-state index in [1.165, 1.54) is 0 Å². The van der Waals surface area contributed by atoms with Gasteiger partial charge >= 0.3 is 5.97 Å². The molecule has 0 fully saturated rings. The van der Waals surface area contributed by atoms with Crippen molar-refractivity contribution in [1.82, 2.24) is 10.2 Å². The molecule has 0 bridgehead atoms. The van der Waals surface area contributed by atoms with Gasteiger partial charge in [-0.25, -0.2) is 0 Å². The van der Waals surface area contributed by atoms with E-state index in [0.717, 1.165) is 10.5 Å². The number of amides is 2. The Kier molecular flexibility index (Phi) is 5.96. The van der Waals surface area contributed by atoms with Gasteiger partial charge in [0.25, 0.3) is 5.91 Å². The predicted molar refractivity (Wildman–Crippen MR) is 76.6 cm³/mol. The molecule has 1 rings (SSSR count). The van der Waals surface area contributed by atoms with Gasteiger partial charge in [0.2, 0.25) is 5.91 Å². The third-order valence-corrected chi connectivity index (χ3v) is 2.67. The average molecular weight is 288 g/mol. The van der Waals surface area contributed by atoms with Crippen LogP contribution >= 0.6 is 0 Å². The minimum absolute atomic E-state index is 0.120. The molecule has 0 aliphatic carbocycles. The summed E-state index contributed by atoms with van der Waals surface area (Å²) >= 11 is 0. The van der Waals surface area contributed by atoms with Gasteiger partial charge in [-0.2, -0.15) is 0 Å². The Morgan fingerprint density at radius 2 is 1.90 bits per heavy atom. The zero-order valence-corrected chi connectivity index (χ0v) is 11.6.